The number of nitrogens with zero attached hydrogens (tertiary/aromatic N) is 3. The summed E-state index contributed by atoms with van der Waals surface area (Å²) in [6.45, 7) is 3.09. The highest BCUT2D eigenvalue weighted by atomic mass is 32.2. The van der Waals surface area contributed by atoms with E-state index in [0.717, 1.165) is 29.4 Å². The average Bonchev–Trinajstić information content (AvgIpc) is 3.11. The van der Waals surface area contributed by atoms with E-state index in [1.165, 1.54) is 22.4 Å². The van der Waals surface area contributed by atoms with Crippen LogP contribution in [0.4, 0.5) is 27.8 Å². The summed E-state index contributed by atoms with van der Waals surface area (Å²) in [6.07, 6.45) is -3.73. The lowest BCUT2D eigenvalue weighted by Gasteiger charge is -2.15. The molecule has 0 saturated carbocycles. The van der Waals surface area contributed by atoms with Gasteiger partial charge >= 0.3 is 17.0 Å². The van der Waals surface area contributed by atoms with Crippen molar-refractivity contribution in [2.24, 2.45) is 0 Å². The number of aliphatic hydroxyl groups excluding tert-OH is 1. The van der Waals surface area contributed by atoms with Gasteiger partial charge in [0.25, 0.3) is 0 Å². The highest BCUT2D eigenvalue weighted by Crippen LogP contribution is 2.27. The molecule has 3 rings (SSSR count). The molecule has 0 bridgehead atoms. The number of aliphatic hydroxyl groups is 1. The summed E-state index contributed by atoms with van der Waals surface area (Å²) in [5.41, 5.74) is 0.595. The molecule has 16 heteroatoms. The molecular formula is C19H20F5N5O4S2. The molecule has 4 N–H and O–H groups in total. The molecule has 0 aliphatic heterocycles. The lowest BCUT2D eigenvalue weighted by Crippen LogP contribution is -2.32. The van der Waals surface area contributed by atoms with Crippen molar-refractivity contribution in [3.8, 4) is 0 Å². The van der Waals surface area contributed by atoms with Crippen LogP contribution in [0, 0.1) is 11.6 Å². The van der Waals surface area contributed by atoms with E-state index in [-0.39, 0.29) is 28.8 Å². The number of benzene rings is 1. The Morgan fingerprint density at radius 3 is 2.60 bits per heavy atom. The molecule has 2 aromatic heterocycles. The quantitative estimate of drug-likeness (QED) is 0.239. The first-order chi connectivity index (χ1) is 16.5. The van der Waals surface area contributed by atoms with Gasteiger partial charge in [-0.25, -0.2) is 27.5 Å². The minimum Gasteiger partial charge on any atom is -0.475 e. The van der Waals surface area contributed by atoms with E-state index in [0.29, 0.717) is 29.3 Å². The molecular weight excluding hydrogens is 521 g/mol. The SMILES string of the molecule is C[C@H](CNCCO)Nc1ncnc2c1sc(=O)n2SCc1cccc(F)c1F.O=C(O)C(F)(F)F. The van der Waals surface area contributed by atoms with Crippen molar-refractivity contribution in [3.05, 3.63) is 51.4 Å². The van der Waals surface area contributed by atoms with Gasteiger partial charge in [0.05, 0.1) is 6.61 Å². The third kappa shape index (κ3) is 8.12. The Bertz CT molecular complexity index is 1200. The van der Waals surface area contributed by atoms with Crippen LogP contribution in [0.5, 0.6) is 0 Å². The van der Waals surface area contributed by atoms with Crippen LogP contribution < -0.4 is 15.5 Å². The fourth-order valence-electron chi connectivity index (χ4n) is 2.51. The highest BCUT2D eigenvalue weighted by molar-refractivity contribution is 7.97. The number of anilines is 1. The van der Waals surface area contributed by atoms with Crippen LogP contribution in [0.2, 0.25) is 0 Å². The molecule has 0 saturated heterocycles. The molecule has 3 aromatic rings. The molecule has 0 amide bonds. The Labute approximate surface area is 203 Å². The van der Waals surface area contributed by atoms with Gasteiger partial charge < -0.3 is 20.8 Å². The minimum atomic E-state index is -5.08. The highest BCUT2D eigenvalue weighted by Gasteiger charge is 2.38. The number of aliphatic carboxylic acids is 1. The lowest BCUT2D eigenvalue weighted by atomic mass is 10.2. The summed E-state index contributed by atoms with van der Waals surface area (Å²) >= 11 is 2.04. The third-order valence-electron chi connectivity index (χ3n) is 4.08. The van der Waals surface area contributed by atoms with Crippen LogP contribution in [-0.2, 0) is 10.5 Å². The molecule has 9 nitrogen and oxygen atoms in total. The van der Waals surface area contributed by atoms with Gasteiger partial charge in [-0.2, -0.15) is 13.2 Å². The van der Waals surface area contributed by atoms with Crippen molar-refractivity contribution in [1.29, 1.82) is 0 Å². The van der Waals surface area contributed by atoms with Gasteiger partial charge in [-0.1, -0.05) is 23.5 Å². The number of carboxylic acid groups (broad SMARTS) is 1. The van der Waals surface area contributed by atoms with Gasteiger partial charge in [0.2, 0.25) is 0 Å². The Morgan fingerprint density at radius 1 is 1.29 bits per heavy atom. The van der Waals surface area contributed by atoms with Gasteiger partial charge in [0.1, 0.15) is 16.8 Å². The molecule has 2 heterocycles. The summed E-state index contributed by atoms with van der Waals surface area (Å²) < 4.78 is 60.9. The monoisotopic (exact) mass is 541 g/mol. The lowest BCUT2D eigenvalue weighted by molar-refractivity contribution is -0.192. The van der Waals surface area contributed by atoms with Crippen LogP contribution >= 0.6 is 23.3 Å². The number of alkyl halides is 3. The molecule has 0 unspecified atom stereocenters. The number of carbonyl (C=O) groups is 1. The zero-order chi connectivity index (χ0) is 26.2. The number of rotatable bonds is 9. The summed E-state index contributed by atoms with van der Waals surface area (Å²) in [4.78, 5) is 29.4. The van der Waals surface area contributed by atoms with Crippen molar-refractivity contribution in [3.63, 3.8) is 0 Å². The first-order valence-corrected chi connectivity index (χ1v) is 11.5. The van der Waals surface area contributed by atoms with Crippen molar-refractivity contribution < 1.29 is 37.0 Å². The van der Waals surface area contributed by atoms with Gasteiger partial charge in [-0.15, -0.1) is 0 Å². The second-order valence-electron chi connectivity index (χ2n) is 6.80. The molecule has 0 fully saturated rings. The van der Waals surface area contributed by atoms with Crippen LogP contribution in [0.3, 0.4) is 0 Å². The molecule has 0 aliphatic rings. The first kappa shape index (κ1) is 28.4. The van der Waals surface area contributed by atoms with Crippen LogP contribution in [0.1, 0.15) is 12.5 Å². The van der Waals surface area contributed by atoms with Crippen molar-refractivity contribution in [2.45, 2.75) is 24.9 Å². The van der Waals surface area contributed by atoms with E-state index in [2.05, 4.69) is 20.6 Å². The van der Waals surface area contributed by atoms with Crippen LogP contribution in [-0.4, -0.2) is 62.0 Å². The third-order valence-corrected chi connectivity index (χ3v) is 6.17. The largest absolute Gasteiger partial charge is 0.490 e. The molecule has 35 heavy (non-hydrogen) atoms. The number of thiazole rings is 1. The second kappa shape index (κ2) is 12.8. The normalized spacial score (nSPS) is 12.2. The molecule has 192 valence electrons. The maximum atomic E-state index is 13.8. The van der Waals surface area contributed by atoms with Gasteiger partial charge in [-0.3, -0.25) is 4.79 Å². The van der Waals surface area contributed by atoms with Gasteiger partial charge in [0, 0.05) is 30.4 Å². The van der Waals surface area contributed by atoms with E-state index < -0.39 is 23.8 Å². The van der Waals surface area contributed by atoms with Gasteiger partial charge in [-0.05, 0) is 24.9 Å². The molecule has 0 spiro atoms. The smallest absolute Gasteiger partial charge is 0.475 e. The standard InChI is InChI=1S/C17H19F2N5O2S2.C2HF3O2/c1-10(7-20-5-6-25)23-15-14-16(22-9-21-15)24(17(26)28-14)27-8-11-3-2-4-12(18)13(11)19;3-2(4,5)1(6)7/h2-4,9-10,20,25H,5-8H2,1H3,(H,21,22,23);(H,6,7)/t10-;/m1./s1. The zero-order valence-corrected chi connectivity index (χ0v) is 19.6. The maximum absolute atomic E-state index is 13.8. The second-order valence-corrected chi connectivity index (χ2v) is 8.67. The molecule has 0 aliphatic carbocycles. The average molecular weight is 542 g/mol. The number of halogens is 5. The minimum absolute atomic E-state index is 0.00402. The summed E-state index contributed by atoms with van der Waals surface area (Å²) in [5, 5.41) is 22.2. The van der Waals surface area contributed by atoms with Crippen molar-refractivity contribution in [1.82, 2.24) is 19.3 Å². The fraction of sp³-hybridized carbons (Fsp3) is 0.368. The van der Waals surface area contributed by atoms with Crippen LogP contribution in [0.15, 0.2) is 29.3 Å². The topological polar surface area (TPSA) is 129 Å². The molecule has 1 atom stereocenters. The Kier molecular flexibility index (Phi) is 10.4. The first-order valence-electron chi connectivity index (χ1n) is 9.76. The summed E-state index contributed by atoms with van der Waals surface area (Å²) in [6, 6.07) is 3.97. The van der Waals surface area contributed by atoms with Crippen LogP contribution in [0.25, 0.3) is 10.3 Å². The number of aromatic nitrogens is 3. The van der Waals surface area contributed by atoms with E-state index in [9.17, 15) is 26.7 Å². The predicted molar refractivity (Wildman–Crippen MR) is 121 cm³/mol. The molecule has 0 radical (unpaired) electrons. The zero-order valence-electron chi connectivity index (χ0n) is 18.0. The van der Waals surface area contributed by atoms with Gasteiger partial charge in [0.15, 0.2) is 17.3 Å². The predicted octanol–water partition coefficient (Wildman–Crippen LogP) is 2.84. The summed E-state index contributed by atoms with van der Waals surface area (Å²) in [7, 11) is 0. The Balaban J connectivity index is 0.000000540. The van der Waals surface area contributed by atoms with E-state index >= 15 is 0 Å². The summed E-state index contributed by atoms with van der Waals surface area (Å²) in [5.74, 6) is -3.97. The fourth-order valence-corrected chi connectivity index (χ4v) is 4.48. The maximum Gasteiger partial charge on any atom is 0.490 e. The molecule has 1 aromatic carbocycles. The number of nitrogens with one attached hydrogen (secondary N) is 2. The van der Waals surface area contributed by atoms with Crippen molar-refractivity contribution >= 4 is 45.4 Å². The van der Waals surface area contributed by atoms with E-state index in [1.54, 1.807) is 0 Å². The van der Waals surface area contributed by atoms with Crippen molar-refractivity contribution in [2.75, 3.05) is 25.0 Å². The van der Waals surface area contributed by atoms with E-state index in [1.807, 2.05) is 6.92 Å². The number of hydrogen-bond donors (Lipinski definition) is 4. The Morgan fingerprint density at radius 2 is 1.97 bits per heavy atom. The number of carboxylic acids is 1. The Hall–Kier alpha value is -2.82. The van der Waals surface area contributed by atoms with E-state index in [4.69, 9.17) is 15.0 Å². The number of fused-ring (bicyclic) bond motifs is 1. The number of hydrogen-bond acceptors (Lipinski definition) is 9.